The number of hydrogen-bond acceptors (Lipinski definition) is 4. The molecule has 1 saturated heterocycles. The van der Waals surface area contributed by atoms with Crippen molar-refractivity contribution < 1.29 is 14.4 Å². The van der Waals surface area contributed by atoms with Crippen molar-refractivity contribution in [3.8, 4) is 0 Å². The number of benzene rings is 1. The summed E-state index contributed by atoms with van der Waals surface area (Å²) < 4.78 is 1.00. The van der Waals surface area contributed by atoms with Crippen LogP contribution in [0.15, 0.2) is 36.4 Å². The molecule has 25 heavy (non-hydrogen) atoms. The highest BCUT2D eigenvalue weighted by Crippen LogP contribution is 2.67. The van der Waals surface area contributed by atoms with Gasteiger partial charge in [-0.3, -0.25) is 25.1 Å². The van der Waals surface area contributed by atoms with Crippen molar-refractivity contribution >= 4 is 40.8 Å². The fourth-order valence-electron chi connectivity index (χ4n) is 4.83. The van der Waals surface area contributed by atoms with Gasteiger partial charge in [-0.25, -0.2) is 0 Å². The number of amides is 3. The van der Waals surface area contributed by atoms with E-state index in [-0.39, 0.29) is 17.9 Å². The quantitative estimate of drug-likeness (QED) is 0.238. The van der Waals surface area contributed by atoms with Crippen molar-refractivity contribution in [2.24, 2.45) is 23.7 Å². The highest BCUT2D eigenvalue weighted by Gasteiger charge is 2.77. The molecule has 6 nitrogen and oxygen atoms in total. The molecule has 5 aliphatic rings. The molecule has 0 spiro atoms. The molecule has 1 aliphatic heterocycles. The predicted molar refractivity (Wildman–Crippen MR) is 96.9 cm³/mol. The minimum atomic E-state index is -0.711. The molecule has 2 bridgehead atoms. The first-order chi connectivity index (χ1) is 12.1. The lowest BCUT2D eigenvalue weighted by atomic mass is 9.68. The minimum Gasteiger partial charge on any atom is -0.296 e. The molecule has 1 aromatic carbocycles. The fourth-order valence-corrected chi connectivity index (χ4v) is 5.19. The highest BCUT2D eigenvalue weighted by molar-refractivity contribution is 14.1. The second-order valence-electron chi connectivity index (χ2n) is 7.27. The second kappa shape index (κ2) is 5.14. The number of nitrogens with zero attached hydrogens (tertiary/aromatic N) is 1. The highest BCUT2D eigenvalue weighted by atomic mass is 127. The van der Waals surface area contributed by atoms with Crippen molar-refractivity contribution in [3.63, 3.8) is 0 Å². The van der Waals surface area contributed by atoms with Crippen LogP contribution in [0, 0.1) is 27.2 Å². The van der Waals surface area contributed by atoms with Crippen LogP contribution in [-0.2, 0) is 9.59 Å². The molecule has 2 N–H and O–H groups in total. The van der Waals surface area contributed by atoms with Gasteiger partial charge in [0, 0.05) is 21.1 Å². The number of carbonyl (C=O) groups excluding carboxylic acids is 3. The number of rotatable bonds is 3. The molecule has 2 saturated carbocycles. The van der Waals surface area contributed by atoms with E-state index in [9.17, 15) is 14.4 Å². The topological polar surface area (TPSA) is 88.4 Å². The van der Waals surface area contributed by atoms with E-state index in [0.29, 0.717) is 29.7 Å². The maximum atomic E-state index is 13.0. The van der Waals surface area contributed by atoms with Gasteiger partial charge in [0.05, 0.1) is 0 Å². The van der Waals surface area contributed by atoms with E-state index in [0.717, 1.165) is 15.0 Å². The van der Waals surface area contributed by atoms with E-state index in [1.807, 2.05) is 0 Å². The summed E-state index contributed by atoms with van der Waals surface area (Å²) in [5.74, 6) is 0.895. The van der Waals surface area contributed by atoms with Gasteiger partial charge in [-0.15, -0.1) is 0 Å². The van der Waals surface area contributed by atoms with E-state index in [1.54, 1.807) is 24.3 Å². The third-order valence-corrected chi connectivity index (χ3v) is 6.83. The van der Waals surface area contributed by atoms with Crippen LogP contribution < -0.4 is 10.7 Å². The third kappa shape index (κ3) is 2.08. The molecule has 1 heterocycles. The Morgan fingerprint density at radius 2 is 2.00 bits per heavy atom. The van der Waals surface area contributed by atoms with Gasteiger partial charge in [0.2, 0.25) is 6.41 Å². The summed E-state index contributed by atoms with van der Waals surface area (Å²) in [5, 5.41) is 4.16. The van der Waals surface area contributed by atoms with Crippen molar-refractivity contribution in [1.29, 1.82) is 0 Å². The van der Waals surface area contributed by atoms with Gasteiger partial charge in [0.15, 0.2) is 0 Å². The number of carbonyl (C=O) groups is 3. The lowest BCUT2D eigenvalue weighted by molar-refractivity contribution is -0.144. The van der Waals surface area contributed by atoms with Crippen LogP contribution in [0.4, 0.5) is 0 Å². The predicted octanol–water partition coefficient (Wildman–Crippen LogP) is 1.08. The Morgan fingerprint density at radius 1 is 1.24 bits per heavy atom. The van der Waals surface area contributed by atoms with Crippen LogP contribution in [0.3, 0.4) is 0 Å². The molecular weight excluding hydrogens is 433 g/mol. The number of halogens is 1. The monoisotopic (exact) mass is 449 g/mol. The van der Waals surface area contributed by atoms with Crippen LogP contribution in [0.25, 0.3) is 0 Å². The summed E-state index contributed by atoms with van der Waals surface area (Å²) in [6.45, 7) is 0. The van der Waals surface area contributed by atoms with Crippen molar-refractivity contribution in [2.75, 3.05) is 0 Å². The number of imide groups is 1. The van der Waals surface area contributed by atoms with Crippen LogP contribution >= 0.6 is 22.6 Å². The number of nitrogens with one attached hydrogen (secondary N) is 2. The van der Waals surface area contributed by atoms with Crippen molar-refractivity contribution in [1.82, 2.24) is 15.8 Å². The lowest BCUT2D eigenvalue weighted by Gasteiger charge is -2.35. The third-order valence-electron chi connectivity index (χ3n) is 6.11. The van der Waals surface area contributed by atoms with Crippen molar-refractivity contribution in [3.05, 3.63) is 45.6 Å². The molecule has 0 aromatic heterocycles. The summed E-state index contributed by atoms with van der Waals surface area (Å²) in [6, 6.07) is 7.04. The Bertz CT molecular complexity index is 823. The molecule has 3 fully saturated rings. The largest absolute Gasteiger partial charge is 0.296 e. The molecule has 1 aromatic rings. The summed E-state index contributed by atoms with van der Waals surface area (Å²) in [6.07, 6.45) is 5.89. The molecule has 128 valence electrons. The summed E-state index contributed by atoms with van der Waals surface area (Å²) in [4.78, 5) is 36.9. The maximum Gasteiger partial charge on any atom is 0.270 e. The first kappa shape index (κ1) is 15.5. The van der Waals surface area contributed by atoms with Gasteiger partial charge in [0.25, 0.3) is 11.8 Å². The lowest BCUT2D eigenvalue weighted by Crippen LogP contribution is -2.56. The average molecular weight is 449 g/mol. The van der Waals surface area contributed by atoms with Gasteiger partial charge in [-0.1, -0.05) is 12.2 Å². The zero-order chi connectivity index (χ0) is 17.3. The van der Waals surface area contributed by atoms with E-state index in [1.165, 1.54) is 0 Å². The Balaban J connectivity index is 1.36. The summed E-state index contributed by atoms with van der Waals surface area (Å²) >= 11 is 2.15. The minimum absolute atomic E-state index is 0.0939. The molecule has 0 radical (unpaired) electrons. The van der Waals surface area contributed by atoms with Crippen LogP contribution in [0.5, 0.6) is 0 Å². The number of hydrazine groups is 1. The van der Waals surface area contributed by atoms with E-state index in [4.69, 9.17) is 0 Å². The SMILES string of the molecule is O=CN(NC(=O)c1ccc(I)cc1)C(=O)[C@@]12N[C@H]1C1C=CC2[C@@H]2C[C@@H]12. The van der Waals surface area contributed by atoms with Crippen molar-refractivity contribution in [2.45, 2.75) is 18.0 Å². The maximum absolute atomic E-state index is 13.0. The Morgan fingerprint density at radius 3 is 2.72 bits per heavy atom. The first-order valence-corrected chi connectivity index (χ1v) is 9.45. The van der Waals surface area contributed by atoms with E-state index >= 15 is 0 Å². The zero-order valence-corrected chi connectivity index (χ0v) is 15.3. The molecule has 2 unspecified atom stereocenters. The van der Waals surface area contributed by atoms with E-state index < -0.39 is 11.4 Å². The Labute approximate surface area is 158 Å². The molecular formula is C18H16IN3O3. The van der Waals surface area contributed by atoms with Gasteiger partial charge >= 0.3 is 0 Å². The molecule has 4 aliphatic carbocycles. The van der Waals surface area contributed by atoms with Crippen LogP contribution in [-0.4, -0.2) is 34.8 Å². The standard InChI is InChI=1S/C18H16IN3O3/c19-10-3-1-9(2-4-10)16(24)21-22(8-23)17(25)18-14-6-5-11(15(18)20-18)12-7-13(12)14/h1-6,8,11-15,20H,7H2,(H,21,24)/t11?,12-,13+,14?,15-,18-/m0/s1. The van der Waals surface area contributed by atoms with Gasteiger partial charge in [0.1, 0.15) is 5.54 Å². The fraction of sp³-hybridized carbons (Fsp3) is 0.389. The summed E-state index contributed by atoms with van der Waals surface area (Å²) in [5.41, 5.74) is 2.15. The second-order valence-corrected chi connectivity index (χ2v) is 8.52. The molecule has 6 rings (SSSR count). The molecule has 6 atom stereocenters. The Hall–Kier alpha value is -1.74. The van der Waals surface area contributed by atoms with Gasteiger partial charge in [-0.2, -0.15) is 5.01 Å². The average Bonchev–Trinajstić information content (AvgIpc) is 3.51. The normalized spacial score (nSPS) is 38.4. The van der Waals surface area contributed by atoms with Crippen LogP contribution in [0.1, 0.15) is 16.8 Å². The van der Waals surface area contributed by atoms with E-state index in [2.05, 4.69) is 45.5 Å². The molecule has 3 amide bonds. The summed E-state index contributed by atoms with van der Waals surface area (Å²) in [7, 11) is 0. The Kier molecular flexibility index (Phi) is 3.19. The smallest absolute Gasteiger partial charge is 0.270 e. The van der Waals surface area contributed by atoms with Gasteiger partial charge in [-0.05, 0) is 71.0 Å². The molecule has 7 heteroatoms. The first-order valence-electron chi connectivity index (χ1n) is 8.38. The van der Waals surface area contributed by atoms with Crippen LogP contribution in [0.2, 0.25) is 0 Å². The van der Waals surface area contributed by atoms with Gasteiger partial charge < -0.3 is 0 Å². The zero-order valence-electron chi connectivity index (χ0n) is 13.2. The number of hydrogen-bond donors (Lipinski definition) is 2.